The lowest BCUT2D eigenvalue weighted by Gasteiger charge is -2.20. The van der Waals surface area contributed by atoms with Gasteiger partial charge >= 0.3 is 0 Å². The number of hydrogen-bond acceptors (Lipinski definition) is 6. The van der Waals surface area contributed by atoms with E-state index < -0.39 is 0 Å². The number of benzene rings is 6. The topological polar surface area (TPSA) is 75.2 Å². The fourth-order valence-corrected chi connectivity index (χ4v) is 8.09. The van der Waals surface area contributed by atoms with Crippen LogP contribution in [-0.4, -0.2) is 38.9 Å². The first kappa shape index (κ1) is 43.1. The van der Waals surface area contributed by atoms with Crippen molar-refractivity contribution in [1.29, 1.82) is 0 Å². The van der Waals surface area contributed by atoms with Gasteiger partial charge in [0.15, 0.2) is 0 Å². The molecule has 320 valence electrons. The molecule has 1 aliphatic carbocycles. The SMILES string of the molecule is CC1=CC(C)C(N=C(c2ccccc2)c2cccc(C(=Nc3ccc(N=C(c4ccccc4)c4cccc(C(=Nc5ccc(C)cc5C)c5ccccc5)n4)cc3)c3ccccc3)n2)C=C1. The van der Waals surface area contributed by atoms with Crippen LogP contribution in [0.15, 0.2) is 244 Å². The van der Waals surface area contributed by atoms with Gasteiger partial charge in [0.05, 0.1) is 68.7 Å². The summed E-state index contributed by atoms with van der Waals surface area (Å²) in [5.41, 5.74) is 16.1. The monoisotopic (exact) mass is 854 g/mol. The summed E-state index contributed by atoms with van der Waals surface area (Å²) in [6.07, 6.45) is 6.62. The first-order valence-electron chi connectivity index (χ1n) is 22.4. The molecule has 0 radical (unpaired) electrons. The summed E-state index contributed by atoms with van der Waals surface area (Å²) in [4.78, 5) is 31.6. The Morgan fingerprint density at radius 1 is 0.424 bits per heavy atom. The Bertz CT molecular complexity index is 3150. The van der Waals surface area contributed by atoms with Crippen molar-refractivity contribution in [2.24, 2.45) is 25.9 Å². The van der Waals surface area contributed by atoms with E-state index in [-0.39, 0.29) is 12.0 Å². The highest BCUT2D eigenvalue weighted by molar-refractivity contribution is 6.17. The number of pyridine rings is 2. The van der Waals surface area contributed by atoms with Crippen molar-refractivity contribution in [1.82, 2.24) is 9.97 Å². The molecule has 6 heteroatoms. The second-order valence-electron chi connectivity index (χ2n) is 16.6. The zero-order valence-corrected chi connectivity index (χ0v) is 37.6. The molecule has 1 aliphatic rings. The van der Waals surface area contributed by atoms with E-state index in [0.717, 1.165) is 90.5 Å². The summed E-state index contributed by atoms with van der Waals surface area (Å²) < 4.78 is 0. The van der Waals surface area contributed by atoms with Gasteiger partial charge in [0.25, 0.3) is 0 Å². The first-order chi connectivity index (χ1) is 32.3. The zero-order chi connectivity index (χ0) is 45.2. The summed E-state index contributed by atoms with van der Waals surface area (Å²) in [5.74, 6) is 0.261. The van der Waals surface area contributed by atoms with Crippen LogP contribution >= 0.6 is 0 Å². The van der Waals surface area contributed by atoms with Gasteiger partial charge in [-0.25, -0.2) is 24.9 Å². The molecule has 0 bridgehead atoms. The molecule has 0 spiro atoms. The van der Waals surface area contributed by atoms with Gasteiger partial charge in [0, 0.05) is 28.2 Å². The minimum Gasteiger partial charge on any atom is -0.274 e. The molecular weight excluding hydrogens is 805 g/mol. The molecule has 66 heavy (non-hydrogen) atoms. The van der Waals surface area contributed by atoms with E-state index >= 15 is 0 Å². The van der Waals surface area contributed by atoms with E-state index in [9.17, 15) is 0 Å². The standard InChI is InChI=1S/C60H50N6/c1-41-31-37-51(43(3)39-41)65-59(47-23-13-7-14-24-47)55-29-17-27-53(63-55)57(45-19-9-5-10-20-45)61-49-33-35-50(36-34-49)62-58(46-21-11-6-12-22-46)54-28-18-30-56(64-54)60(48-25-15-8-16-26-48)66-52-38-32-42(2)40-44(52)4/h5-40,43,51H,1-4H3. The maximum Gasteiger partial charge on any atom is 0.0966 e. The van der Waals surface area contributed by atoms with Crippen LogP contribution in [0.25, 0.3) is 0 Å². The van der Waals surface area contributed by atoms with Crippen LogP contribution in [0.5, 0.6) is 0 Å². The first-order valence-corrected chi connectivity index (χ1v) is 22.4. The van der Waals surface area contributed by atoms with Crippen LogP contribution in [0.2, 0.25) is 0 Å². The molecule has 6 nitrogen and oxygen atoms in total. The third-order valence-electron chi connectivity index (χ3n) is 11.5. The molecule has 6 aromatic carbocycles. The molecule has 0 saturated heterocycles. The lowest BCUT2D eigenvalue weighted by atomic mass is 9.93. The van der Waals surface area contributed by atoms with Gasteiger partial charge in [-0.3, -0.25) is 4.99 Å². The average Bonchev–Trinajstić information content (AvgIpc) is 3.36. The Morgan fingerprint density at radius 2 is 0.833 bits per heavy atom. The van der Waals surface area contributed by atoms with Gasteiger partial charge in [-0.05, 0) is 80.9 Å². The predicted molar refractivity (Wildman–Crippen MR) is 274 cm³/mol. The summed E-state index contributed by atoms with van der Waals surface area (Å²) in [6.45, 7) is 8.54. The molecule has 0 amide bonds. The van der Waals surface area contributed by atoms with Crippen LogP contribution in [0.4, 0.5) is 17.1 Å². The highest BCUT2D eigenvalue weighted by Crippen LogP contribution is 2.27. The highest BCUT2D eigenvalue weighted by Gasteiger charge is 2.20. The second kappa shape index (κ2) is 20.1. The molecule has 9 rings (SSSR count). The van der Waals surface area contributed by atoms with Gasteiger partial charge < -0.3 is 0 Å². The van der Waals surface area contributed by atoms with Crippen LogP contribution in [0.1, 0.15) is 70.0 Å². The van der Waals surface area contributed by atoms with Crippen molar-refractivity contribution in [3.63, 3.8) is 0 Å². The van der Waals surface area contributed by atoms with Gasteiger partial charge in [0.1, 0.15) is 0 Å². The number of aromatic nitrogens is 2. The predicted octanol–water partition coefficient (Wildman–Crippen LogP) is 14.0. The molecule has 0 aliphatic heterocycles. The fourth-order valence-electron chi connectivity index (χ4n) is 8.09. The molecule has 2 unspecified atom stereocenters. The Labute approximate surface area is 388 Å². The number of aliphatic imine (C=N–C) groups is 4. The minimum atomic E-state index is -0.00562. The fraction of sp³-hybridized carbons (Fsp3) is 0.100. The Balaban J connectivity index is 1.09. The maximum atomic E-state index is 5.34. The number of rotatable bonds is 12. The molecule has 2 atom stereocenters. The van der Waals surface area contributed by atoms with E-state index in [1.807, 2.05) is 133 Å². The Hall–Kier alpha value is -8.22. The van der Waals surface area contributed by atoms with E-state index in [4.69, 9.17) is 29.9 Å². The lowest BCUT2D eigenvalue weighted by molar-refractivity contribution is 0.622. The van der Waals surface area contributed by atoms with Gasteiger partial charge in [-0.1, -0.05) is 182 Å². The van der Waals surface area contributed by atoms with E-state index in [0.29, 0.717) is 0 Å². The molecule has 0 saturated carbocycles. The molecule has 0 N–H and O–H groups in total. The van der Waals surface area contributed by atoms with Crippen LogP contribution < -0.4 is 0 Å². The van der Waals surface area contributed by atoms with Crippen molar-refractivity contribution in [2.45, 2.75) is 33.7 Å². The Kier molecular flexibility index (Phi) is 13.1. The molecular formula is C60H50N6. The van der Waals surface area contributed by atoms with Crippen molar-refractivity contribution in [3.05, 3.63) is 280 Å². The van der Waals surface area contributed by atoms with E-state index in [2.05, 4.69) is 113 Å². The normalized spacial score (nSPS) is 15.7. The zero-order valence-electron chi connectivity index (χ0n) is 37.6. The van der Waals surface area contributed by atoms with Gasteiger partial charge in [-0.2, -0.15) is 0 Å². The summed E-state index contributed by atoms with van der Waals surface area (Å²) in [7, 11) is 0. The van der Waals surface area contributed by atoms with Crippen LogP contribution in [-0.2, 0) is 0 Å². The lowest BCUT2D eigenvalue weighted by Crippen LogP contribution is -2.19. The van der Waals surface area contributed by atoms with Gasteiger partial charge in [-0.15, -0.1) is 0 Å². The molecule has 2 aromatic heterocycles. The average molecular weight is 855 g/mol. The number of aryl methyl sites for hydroxylation is 2. The molecule has 2 heterocycles. The third-order valence-corrected chi connectivity index (χ3v) is 11.5. The highest BCUT2D eigenvalue weighted by atomic mass is 14.9. The summed E-state index contributed by atoms with van der Waals surface area (Å²) in [6, 6.07) is 67.5. The van der Waals surface area contributed by atoms with Crippen LogP contribution in [0, 0.1) is 19.8 Å². The quantitative estimate of drug-likeness (QED) is 0.115. The number of nitrogens with zero attached hydrogens (tertiary/aromatic N) is 6. The summed E-state index contributed by atoms with van der Waals surface area (Å²) >= 11 is 0. The molecule has 8 aromatic rings. The van der Waals surface area contributed by atoms with E-state index in [1.54, 1.807) is 0 Å². The van der Waals surface area contributed by atoms with Gasteiger partial charge in [0.2, 0.25) is 0 Å². The van der Waals surface area contributed by atoms with Crippen molar-refractivity contribution < 1.29 is 0 Å². The minimum absolute atomic E-state index is 0.00562. The second-order valence-corrected chi connectivity index (χ2v) is 16.6. The van der Waals surface area contributed by atoms with Crippen molar-refractivity contribution >= 4 is 39.9 Å². The van der Waals surface area contributed by atoms with Crippen molar-refractivity contribution in [2.75, 3.05) is 0 Å². The maximum absolute atomic E-state index is 5.34. The largest absolute Gasteiger partial charge is 0.274 e. The summed E-state index contributed by atoms with van der Waals surface area (Å²) in [5, 5.41) is 0. The number of allylic oxidation sites excluding steroid dienone is 2. The third kappa shape index (κ3) is 10.3. The van der Waals surface area contributed by atoms with Crippen molar-refractivity contribution in [3.8, 4) is 0 Å². The Morgan fingerprint density at radius 3 is 1.26 bits per heavy atom. The molecule has 0 fully saturated rings. The van der Waals surface area contributed by atoms with E-state index in [1.165, 1.54) is 11.1 Å². The van der Waals surface area contributed by atoms with Crippen LogP contribution in [0.3, 0.4) is 0 Å². The number of hydrogen-bond donors (Lipinski definition) is 0. The smallest absolute Gasteiger partial charge is 0.0966 e.